The van der Waals surface area contributed by atoms with Crippen LogP contribution in [0.2, 0.25) is 0 Å². The Morgan fingerprint density at radius 1 is 1.35 bits per heavy atom. The lowest BCUT2D eigenvalue weighted by atomic mass is 10.1. The van der Waals surface area contributed by atoms with E-state index in [2.05, 4.69) is 12.2 Å². The van der Waals surface area contributed by atoms with Gasteiger partial charge in [-0.15, -0.1) is 0 Å². The van der Waals surface area contributed by atoms with Crippen molar-refractivity contribution in [1.29, 1.82) is 0 Å². The summed E-state index contributed by atoms with van der Waals surface area (Å²) in [4.78, 5) is 21.9. The van der Waals surface area contributed by atoms with E-state index in [9.17, 15) is 19.3 Å². The van der Waals surface area contributed by atoms with E-state index < -0.39 is 16.6 Å². The third-order valence-electron chi connectivity index (χ3n) is 3.01. The Bertz CT molecular complexity index is 503. The fourth-order valence-electron chi connectivity index (χ4n) is 1.87. The van der Waals surface area contributed by atoms with Gasteiger partial charge in [0.25, 0.3) is 11.6 Å². The molecule has 0 aliphatic rings. The maximum Gasteiger partial charge on any atom is 0.270 e. The first-order valence-electron chi connectivity index (χ1n) is 6.70. The summed E-state index contributed by atoms with van der Waals surface area (Å²) in [5.74, 6) is -1.31. The number of nitro groups is 1. The van der Waals surface area contributed by atoms with Gasteiger partial charge in [0.2, 0.25) is 0 Å². The first kappa shape index (κ1) is 16.1. The second-order valence-corrected chi connectivity index (χ2v) is 4.70. The molecule has 0 atom stereocenters. The Morgan fingerprint density at radius 2 is 2.05 bits per heavy atom. The van der Waals surface area contributed by atoms with Gasteiger partial charge in [-0.25, -0.2) is 4.39 Å². The van der Waals surface area contributed by atoms with E-state index in [4.69, 9.17) is 0 Å². The smallest absolute Gasteiger partial charge is 0.270 e. The molecular formula is C14H19FN2O3. The maximum absolute atomic E-state index is 13.8. The van der Waals surface area contributed by atoms with Gasteiger partial charge in [-0.2, -0.15) is 0 Å². The molecule has 1 rings (SSSR count). The maximum atomic E-state index is 13.8. The van der Waals surface area contributed by atoms with Crippen LogP contribution in [0.25, 0.3) is 0 Å². The number of aryl methyl sites for hydroxylation is 1. The number of amides is 1. The summed E-state index contributed by atoms with van der Waals surface area (Å²) in [6.07, 6.45) is 3.98. The highest BCUT2D eigenvalue weighted by Crippen LogP contribution is 2.20. The van der Waals surface area contributed by atoms with E-state index in [1.165, 1.54) is 6.92 Å². The third kappa shape index (κ3) is 4.29. The molecule has 0 aliphatic carbocycles. The van der Waals surface area contributed by atoms with Crippen LogP contribution in [0.4, 0.5) is 10.1 Å². The van der Waals surface area contributed by atoms with Crippen molar-refractivity contribution in [2.75, 3.05) is 6.54 Å². The van der Waals surface area contributed by atoms with Crippen LogP contribution in [-0.2, 0) is 0 Å². The molecule has 1 N–H and O–H groups in total. The standard InChI is InChI=1S/C14H19FN2O3/c1-3-4-5-6-7-16-14(18)12-9-11(17(19)20)8-10(2)13(12)15/h8-9H,3-7H2,1-2H3,(H,16,18). The van der Waals surface area contributed by atoms with Gasteiger partial charge in [-0.3, -0.25) is 14.9 Å². The van der Waals surface area contributed by atoms with E-state index in [0.29, 0.717) is 6.54 Å². The van der Waals surface area contributed by atoms with Crippen LogP contribution in [0, 0.1) is 22.9 Å². The van der Waals surface area contributed by atoms with Gasteiger partial charge in [0.15, 0.2) is 0 Å². The van der Waals surface area contributed by atoms with Crippen molar-refractivity contribution in [3.05, 3.63) is 39.2 Å². The van der Waals surface area contributed by atoms with E-state index in [1.54, 1.807) is 0 Å². The summed E-state index contributed by atoms with van der Waals surface area (Å²) < 4.78 is 13.8. The zero-order valence-corrected chi connectivity index (χ0v) is 11.7. The molecule has 0 spiro atoms. The second-order valence-electron chi connectivity index (χ2n) is 4.70. The van der Waals surface area contributed by atoms with Crippen molar-refractivity contribution in [3.63, 3.8) is 0 Å². The molecule has 6 heteroatoms. The molecule has 110 valence electrons. The second kappa shape index (κ2) is 7.57. The molecule has 0 saturated heterocycles. The van der Waals surface area contributed by atoms with Crippen LogP contribution in [0.5, 0.6) is 0 Å². The molecule has 0 aromatic heterocycles. The monoisotopic (exact) mass is 282 g/mol. The average Bonchev–Trinajstić information content (AvgIpc) is 2.41. The predicted octanol–water partition coefficient (Wildman–Crippen LogP) is 3.35. The molecule has 1 amide bonds. The number of halogens is 1. The molecule has 1 aromatic carbocycles. The van der Waals surface area contributed by atoms with Crippen molar-refractivity contribution in [3.8, 4) is 0 Å². The SMILES string of the molecule is CCCCCCNC(=O)c1cc([N+](=O)[O-])cc(C)c1F. The number of benzene rings is 1. The van der Waals surface area contributed by atoms with Crippen molar-refractivity contribution in [2.45, 2.75) is 39.5 Å². The van der Waals surface area contributed by atoms with Crippen molar-refractivity contribution in [2.24, 2.45) is 0 Å². The number of hydrogen-bond acceptors (Lipinski definition) is 3. The quantitative estimate of drug-likeness (QED) is 0.473. The minimum atomic E-state index is -0.707. The highest BCUT2D eigenvalue weighted by Gasteiger charge is 2.19. The van der Waals surface area contributed by atoms with Gasteiger partial charge >= 0.3 is 0 Å². The highest BCUT2D eigenvalue weighted by atomic mass is 19.1. The molecule has 0 fully saturated rings. The largest absolute Gasteiger partial charge is 0.352 e. The molecule has 5 nitrogen and oxygen atoms in total. The average molecular weight is 282 g/mol. The molecule has 0 aliphatic heterocycles. The lowest BCUT2D eigenvalue weighted by molar-refractivity contribution is -0.385. The number of unbranched alkanes of at least 4 members (excludes halogenated alkanes) is 3. The molecule has 20 heavy (non-hydrogen) atoms. The molecule has 0 saturated carbocycles. The molecule has 0 heterocycles. The van der Waals surface area contributed by atoms with Crippen molar-refractivity contribution >= 4 is 11.6 Å². The van der Waals surface area contributed by atoms with Gasteiger partial charge in [0.05, 0.1) is 10.5 Å². The summed E-state index contributed by atoms with van der Waals surface area (Å²) in [6.45, 7) is 3.93. The van der Waals surface area contributed by atoms with Crippen LogP contribution in [-0.4, -0.2) is 17.4 Å². The topological polar surface area (TPSA) is 72.2 Å². The highest BCUT2D eigenvalue weighted by molar-refractivity contribution is 5.95. The Kier molecular flexibility index (Phi) is 6.09. The van der Waals surface area contributed by atoms with Crippen molar-refractivity contribution in [1.82, 2.24) is 5.32 Å². The molecular weight excluding hydrogens is 263 g/mol. The van der Waals surface area contributed by atoms with Gasteiger partial charge in [-0.05, 0) is 18.9 Å². The van der Waals surface area contributed by atoms with Crippen LogP contribution in [0.15, 0.2) is 12.1 Å². The molecule has 0 unspecified atom stereocenters. The van der Waals surface area contributed by atoms with Gasteiger partial charge < -0.3 is 5.32 Å². The third-order valence-corrected chi connectivity index (χ3v) is 3.01. The Hall–Kier alpha value is -1.98. The number of nitro benzene ring substituents is 1. The van der Waals surface area contributed by atoms with Crippen LogP contribution >= 0.6 is 0 Å². The summed E-state index contributed by atoms with van der Waals surface area (Å²) in [5.41, 5.74) is -0.456. The fourth-order valence-corrected chi connectivity index (χ4v) is 1.87. The van der Waals surface area contributed by atoms with Gasteiger partial charge in [0, 0.05) is 18.7 Å². The van der Waals surface area contributed by atoms with E-state index in [-0.39, 0.29) is 16.8 Å². The summed E-state index contributed by atoms with van der Waals surface area (Å²) in [6, 6.07) is 2.09. The molecule has 1 aromatic rings. The first-order valence-corrected chi connectivity index (χ1v) is 6.70. The number of rotatable bonds is 7. The minimum absolute atomic E-state index is 0.0929. The zero-order chi connectivity index (χ0) is 15.1. The first-order chi connectivity index (χ1) is 9.47. The number of carbonyl (C=O) groups excluding carboxylic acids is 1. The predicted molar refractivity (Wildman–Crippen MR) is 74.3 cm³/mol. The number of nitrogens with zero attached hydrogens (tertiary/aromatic N) is 1. The number of nitrogens with one attached hydrogen (secondary N) is 1. The Balaban J connectivity index is 2.74. The van der Waals surface area contributed by atoms with Crippen LogP contribution in [0.1, 0.15) is 48.5 Å². The van der Waals surface area contributed by atoms with E-state index in [1.807, 2.05) is 0 Å². The lowest BCUT2D eigenvalue weighted by Gasteiger charge is -2.07. The number of carbonyl (C=O) groups is 1. The fraction of sp³-hybridized carbons (Fsp3) is 0.500. The van der Waals surface area contributed by atoms with Crippen molar-refractivity contribution < 1.29 is 14.1 Å². The Morgan fingerprint density at radius 3 is 2.65 bits per heavy atom. The number of hydrogen-bond donors (Lipinski definition) is 1. The van der Waals surface area contributed by atoms with E-state index in [0.717, 1.165) is 37.8 Å². The summed E-state index contributed by atoms with van der Waals surface area (Å²) in [7, 11) is 0. The zero-order valence-electron chi connectivity index (χ0n) is 11.7. The normalized spacial score (nSPS) is 10.3. The summed E-state index contributed by atoms with van der Waals surface area (Å²) >= 11 is 0. The van der Waals surface area contributed by atoms with Gasteiger partial charge in [0.1, 0.15) is 5.82 Å². The Labute approximate surface area is 117 Å². The van der Waals surface area contributed by atoms with Crippen LogP contribution < -0.4 is 5.32 Å². The van der Waals surface area contributed by atoms with Crippen LogP contribution in [0.3, 0.4) is 0 Å². The van der Waals surface area contributed by atoms with E-state index >= 15 is 0 Å². The lowest BCUT2D eigenvalue weighted by Crippen LogP contribution is -2.25. The minimum Gasteiger partial charge on any atom is -0.352 e. The summed E-state index contributed by atoms with van der Waals surface area (Å²) in [5, 5.41) is 13.3. The molecule has 0 bridgehead atoms. The van der Waals surface area contributed by atoms with Gasteiger partial charge in [-0.1, -0.05) is 26.2 Å². The molecule has 0 radical (unpaired) electrons. The number of non-ortho nitro benzene ring substituents is 1.